The van der Waals surface area contributed by atoms with Crippen LogP contribution in [0.25, 0.3) is 33.5 Å². The molecule has 0 aliphatic carbocycles. The van der Waals surface area contributed by atoms with Crippen molar-refractivity contribution in [2.75, 3.05) is 38.2 Å². The minimum Gasteiger partial charge on any atom is -0.497 e. The van der Waals surface area contributed by atoms with Crippen molar-refractivity contribution in [1.29, 1.82) is 0 Å². The first-order valence-electron chi connectivity index (χ1n) is 11.8. The van der Waals surface area contributed by atoms with E-state index in [0.717, 1.165) is 58.3 Å². The molecule has 4 heterocycles. The van der Waals surface area contributed by atoms with E-state index in [1.165, 1.54) is 50.9 Å². The molecule has 0 saturated carbocycles. The zero-order chi connectivity index (χ0) is 21.5. The summed E-state index contributed by atoms with van der Waals surface area (Å²) in [5, 5.41) is 8.64. The zero-order valence-electron chi connectivity index (χ0n) is 18.6. The van der Waals surface area contributed by atoms with Gasteiger partial charge in [0.1, 0.15) is 11.4 Å². The number of ether oxygens (including phenoxy) is 1. The largest absolute Gasteiger partial charge is 0.497 e. The Kier molecular flexibility index (Phi) is 4.98. The number of anilines is 1. The van der Waals surface area contributed by atoms with Gasteiger partial charge in [-0.1, -0.05) is 6.42 Å². The first-order valence-corrected chi connectivity index (χ1v) is 11.8. The Hall–Kier alpha value is -3.06. The molecule has 0 atom stereocenters. The fourth-order valence-electron chi connectivity index (χ4n) is 5.39. The number of imidazole rings is 1. The number of rotatable bonds is 4. The number of fused-ring (bicyclic) bond motifs is 2. The highest BCUT2D eigenvalue weighted by molar-refractivity contribution is 5.94. The number of hydrogen-bond acceptors (Lipinski definition) is 5. The molecule has 2 aliphatic rings. The van der Waals surface area contributed by atoms with Gasteiger partial charge in [-0.05, 0) is 69.1 Å². The van der Waals surface area contributed by atoms with Gasteiger partial charge in [0.15, 0.2) is 5.82 Å². The standard InChI is InChI=1S/C25H30N6O/c1-32-19-6-7-20-22(16-19)28-29-24(20)25-26-21-8-5-18(15-23(21)27-25)31-13-9-17(10-14-31)30-11-3-2-4-12-30/h5-8,15-17H,2-4,9-14H2,1H3,(H,26,27)(H,28,29). The van der Waals surface area contributed by atoms with Gasteiger partial charge < -0.3 is 19.5 Å². The molecule has 0 radical (unpaired) electrons. The van der Waals surface area contributed by atoms with Crippen LogP contribution in [0.1, 0.15) is 32.1 Å². The van der Waals surface area contributed by atoms with E-state index in [2.05, 4.69) is 43.2 Å². The summed E-state index contributed by atoms with van der Waals surface area (Å²) in [6.07, 6.45) is 6.67. The number of nitrogens with one attached hydrogen (secondary N) is 2. The molecule has 2 aromatic heterocycles. The van der Waals surface area contributed by atoms with Crippen molar-refractivity contribution < 1.29 is 4.74 Å². The third-order valence-corrected chi connectivity index (χ3v) is 7.20. The Bertz CT molecular complexity index is 1230. The van der Waals surface area contributed by atoms with Gasteiger partial charge in [-0.25, -0.2) is 4.98 Å². The normalized spacial score (nSPS) is 18.6. The van der Waals surface area contributed by atoms with Gasteiger partial charge in [0.05, 0.1) is 23.7 Å². The molecule has 4 aromatic rings. The average Bonchev–Trinajstić information content (AvgIpc) is 3.47. The van der Waals surface area contributed by atoms with Crippen molar-refractivity contribution in [3.05, 3.63) is 36.4 Å². The van der Waals surface area contributed by atoms with E-state index in [9.17, 15) is 0 Å². The minimum absolute atomic E-state index is 0.764. The van der Waals surface area contributed by atoms with Crippen LogP contribution in [0.2, 0.25) is 0 Å². The Labute approximate surface area is 187 Å². The summed E-state index contributed by atoms with van der Waals surface area (Å²) in [7, 11) is 1.67. The lowest BCUT2D eigenvalue weighted by atomic mass is 9.99. The van der Waals surface area contributed by atoms with Crippen LogP contribution in [0, 0.1) is 0 Å². The molecule has 2 N–H and O–H groups in total. The zero-order valence-corrected chi connectivity index (χ0v) is 18.6. The van der Waals surface area contributed by atoms with Gasteiger partial charge in [0.25, 0.3) is 0 Å². The maximum Gasteiger partial charge on any atom is 0.159 e. The highest BCUT2D eigenvalue weighted by atomic mass is 16.5. The van der Waals surface area contributed by atoms with Crippen LogP contribution in [0.5, 0.6) is 5.75 Å². The number of H-pyrrole nitrogens is 2. The summed E-state index contributed by atoms with van der Waals surface area (Å²) in [6.45, 7) is 4.84. The van der Waals surface area contributed by atoms with Crippen LogP contribution in [0.15, 0.2) is 36.4 Å². The maximum absolute atomic E-state index is 5.32. The Morgan fingerprint density at radius 2 is 1.78 bits per heavy atom. The molecular weight excluding hydrogens is 400 g/mol. The van der Waals surface area contributed by atoms with Crippen LogP contribution in [-0.2, 0) is 0 Å². The average molecular weight is 431 g/mol. The van der Waals surface area contributed by atoms with E-state index in [1.54, 1.807) is 7.11 Å². The monoisotopic (exact) mass is 430 g/mol. The smallest absolute Gasteiger partial charge is 0.159 e. The maximum atomic E-state index is 5.32. The predicted molar refractivity (Wildman–Crippen MR) is 128 cm³/mol. The van der Waals surface area contributed by atoms with E-state index in [0.29, 0.717) is 0 Å². The lowest BCUT2D eigenvalue weighted by Crippen LogP contribution is -2.46. The number of benzene rings is 2. The number of likely N-dealkylation sites (tertiary alicyclic amines) is 1. The van der Waals surface area contributed by atoms with Crippen LogP contribution in [0.3, 0.4) is 0 Å². The Morgan fingerprint density at radius 3 is 2.59 bits per heavy atom. The first kappa shape index (κ1) is 19.6. The summed E-state index contributed by atoms with van der Waals surface area (Å²) in [5.74, 6) is 1.60. The van der Waals surface area contributed by atoms with E-state index < -0.39 is 0 Å². The van der Waals surface area contributed by atoms with Crippen molar-refractivity contribution in [3.63, 3.8) is 0 Å². The van der Waals surface area contributed by atoms with Crippen LogP contribution in [0.4, 0.5) is 5.69 Å². The highest BCUT2D eigenvalue weighted by Crippen LogP contribution is 2.31. The lowest BCUT2D eigenvalue weighted by Gasteiger charge is -2.41. The molecule has 0 bridgehead atoms. The van der Waals surface area contributed by atoms with E-state index in [1.807, 2.05) is 18.2 Å². The summed E-state index contributed by atoms with van der Waals surface area (Å²) in [6, 6.07) is 13.3. The second-order valence-corrected chi connectivity index (χ2v) is 9.09. The number of methoxy groups -OCH3 is 1. The molecule has 2 fully saturated rings. The molecule has 2 aromatic carbocycles. The molecule has 7 nitrogen and oxygen atoms in total. The van der Waals surface area contributed by atoms with Crippen molar-refractivity contribution in [3.8, 4) is 17.3 Å². The summed E-state index contributed by atoms with van der Waals surface area (Å²) in [5.41, 5.74) is 5.08. The second kappa shape index (κ2) is 8.13. The summed E-state index contributed by atoms with van der Waals surface area (Å²) < 4.78 is 5.32. The van der Waals surface area contributed by atoms with Crippen LogP contribution < -0.4 is 9.64 Å². The third-order valence-electron chi connectivity index (χ3n) is 7.20. The number of aromatic nitrogens is 4. The molecule has 0 amide bonds. The van der Waals surface area contributed by atoms with Gasteiger partial charge in [0, 0.05) is 36.3 Å². The van der Waals surface area contributed by atoms with Gasteiger partial charge in [-0.3, -0.25) is 5.10 Å². The fourth-order valence-corrected chi connectivity index (χ4v) is 5.39. The van der Waals surface area contributed by atoms with E-state index in [-0.39, 0.29) is 0 Å². The fraction of sp³-hybridized carbons (Fsp3) is 0.440. The number of piperidine rings is 2. The van der Waals surface area contributed by atoms with Crippen molar-refractivity contribution in [1.82, 2.24) is 25.1 Å². The van der Waals surface area contributed by atoms with Gasteiger partial charge in [-0.15, -0.1) is 0 Å². The molecule has 2 aliphatic heterocycles. The van der Waals surface area contributed by atoms with Crippen LogP contribution >= 0.6 is 0 Å². The number of hydrogen-bond donors (Lipinski definition) is 2. The minimum atomic E-state index is 0.764. The molecule has 166 valence electrons. The molecule has 32 heavy (non-hydrogen) atoms. The topological polar surface area (TPSA) is 73.1 Å². The second-order valence-electron chi connectivity index (χ2n) is 9.09. The quantitative estimate of drug-likeness (QED) is 0.496. The van der Waals surface area contributed by atoms with Gasteiger partial charge in [0.2, 0.25) is 0 Å². The van der Waals surface area contributed by atoms with Crippen molar-refractivity contribution >= 4 is 27.6 Å². The van der Waals surface area contributed by atoms with Crippen LogP contribution in [-0.4, -0.2) is 64.4 Å². The van der Waals surface area contributed by atoms with Gasteiger partial charge in [-0.2, -0.15) is 5.10 Å². The molecule has 6 rings (SSSR count). The van der Waals surface area contributed by atoms with E-state index in [4.69, 9.17) is 9.72 Å². The summed E-state index contributed by atoms with van der Waals surface area (Å²) in [4.78, 5) is 13.6. The Balaban J connectivity index is 1.22. The number of aromatic amines is 2. The lowest BCUT2D eigenvalue weighted by molar-refractivity contribution is 0.141. The van der Waals surface area contributed by atoms with Gasteiger partial charge >= 0.3 is 0 Å². The van der Waals surface area contributed by atoms with E-state index >= 15 is 0 Å². The number of nitrogens with zero attached hydrogens (tertiary/aromatic N) is 4. The predicted octanol–water partition coefficient (Wildman–Crippen LogP) is 4.57. The van der Waals surface area contributed by atoms with Crippen molar-refractivity contribution in [2.24, 2.45) is 0 Å². The highest BCUT2D eigenvalue weighted by Gasteiger charge is 2.26. The molecule has 0 spiro atoms. The molecule has 7 heteroatoms. The Morgan fingerprint density at radius 1 is 0.938 bits per heavy atom. The first-order chi connectivity index (χ1) is 15.8. The third kappa shape index (κ3) is 3.50. The molecular formula is C25H30N6O. The SMILES string of the molecule is COc1ccc2c(-c3nc4ccc(N5CCC(N6CCCCC6)CC5)cc4[nH]3)n[nH]c2c1. The summed E-state index contributed by atoms with van der Waals surface area (Å²) >= 11 is 0. The molecule has 2 saturated heterocycles. The molecule has 0 unspecified atom stereocenters. The van der Waals surface area contributed by atoms with Crippen molar-refractivity contribution in [2.45, 2.75) is 38.1 Å².